The Morgan fingerprint density at radius 3 is 1.53 bits per heavy atom. The smallest absolute Gasteiger partial charge is 0.125 e. The monoisotopic (exact) mass is 330 g/mol. The Hall–Kier alpha value is -0.473. The molecule has 1 atom stereocenters. The van der Waals surface area contributed by atoms with Crippen molar-refractivity contribution >= 4 is 39.2 Å². The van der Waals surface area contributed by atoms with Crippen molar-refractivity contribution in [3.05, 3.63) is 71.8 Å². The molecule has 2 rings (SSSR count). The van der Waals surface area contributed by atoms with Gasteiger partial charge in [0.05, 0.1) is 0 Å². The second-order valence-corrected chi connectivity index (χ2v) is 13.4. The van der Waals surface area contributed by atoms with Crippen molar-refractivity contribution in [3.8, 4) is 0 Å². The van der Waals surface area contributed by atoms with Gasteiger partial charge in [-0.1, -0.05) is 73.2 Å². The number of benzene rings is 2. The van der Waals surface area contributed by atoms with E-state index >= 15 is 0 Å². The van der Waals surface area contributed by atoms with Gasteiger partial charge in [0, 0.05) is 5.54 Å². The van der Waals surface area contributed by atoms with E-state index in [1.165, 1.54) is 5.56 Å². The van der Waals surface area contributed by atoms with E-state index < -0.39 is 6.00 Å². The quantitative estimate of drug-likeness (QED) is 0.469. The van der Waals surface area contributed by atoms with Crippen LogP contribution in [0.3, 0.4) is 0 Å². The van der Waals surface area contributed by atoms with Crippen molar-refractivity contribution in [3.63, 3.8) is 0 Å². The van der Waals surface area contributed by atoms with Crippen LogP contribution >= 0.6 is 33.2 Å². The molecule has 0 bridgehead atoms. The van der Waals surface area contributed by atoms with Crippen molar-refractivity contribution in [2.24, 2.45) is 0 Å². The summed E-state index contributed by atoms with van der Waals surface area (Å²) in [6, 6.07) is 17.5. The van der Waals surface area contributed by atoms with Crippen LogP contribution in [0.5, 0.6) is 0 Å². The molecule has 102 valence electrons. The summed E-state index contributed by atoms with van der Waals surface area (Å²) in [5.41, 5.74) is 2.48. The fourth-order valence-corrected chi connectivity index (χ4v) is 3.17. The van der Waals surface area contributed by atoms with Crippen LogP contribution < -0.4 is 0 Å². The van der Waals surface area contributed by atoms with Gasteiger partial charge in [-0.15, -0.1) is 33.2 Å². The minimum absolute atomic E-state index is 0.0590. The molecule has 0 nitrogen and oxygen atoms in total. The Morgan fingerprint density at radius 1 is 0.789 bits per heavy atom. The first kappa shape index (κ1) is 16.6. The van der Waals surface area contributed by atoms with E-state index in [0.29, 0.717) is 0 Å². The molecule has 1 unspecified atom stereocenters. The summed E-state index contributed by atoms with van der Waals surface area (Å²) in [6.45, 7) is 4.04. The van der Waals surface area contributed by atoms with Crippen LogP contribution in [0.25, 0.3) is 0 Å². The number of rotatable bonds is 2. The predicted octanol–water partition coefficient (Wildman–Crippen LogP) is 5.98. The van der Waals surface area contributed by atoms with E-state index in [-0.39, 0.29) is 5.54 Å². The molecular formula is C15H17Cl3Si. The highest BCUT2D eigenvalue weighted by Gasteiger charge is 2.34. The molecule has 0 heterocycles. The number of hydrogen-bond donors (Lipinski definition) is 0. The average Bonchev–Trinajstić information content (AvgIpc) is 2.39. The van der Waals surface area contributed by atoms with Crippen molar-refractivity contribution in [2.45, 2.75) is 19.4 Å². The Balaban J connectivity index is 0.000000218. The standard InChI is InChI=1S/C8H9Cl3Si.C7H8/c1-7(12(9,10)11)8-5-3-2-4-6-8;1-7-5-3-2-4-6-7/h2-7H,1H3;2-6H,1H3. The number of aryl methyl sites for hydroxylation is 1. The molecule has 0 aliphatic rings. The van der Waals surface area contributed by atoms with Gasteiger partial charge in [-0.05, 0) is 12.5 Å². The fraction of sp³-hybridized carbons (Fsp3) is 0.200. The first-order chi connectivity index (χ1) is 8.91. The number of hydrogen-bond acceptors (Lipinski definition) is 0. The molecule has 0 saturated heterocycles. The lowest BCUT2D eigenvalue weighted by Crippen LogP contribution is -2.20. The maximum absolute atomic E-state index is 5.89. The lowest BCUT2D eigenvalue weighted by Gasteiger charge is -2.17. The van der Waals surface area contributed by atoms with Crippen LogP contribution in [0.1, 0.15) is 23.6 Å². The molecule has 0 saturated carbocycles. The van der Waals surface area contributed by atoms with Gasteiger partial charge in [0.15, 0.2) is 0 Å². The maximum atomic E-state index is 5.89. The molecule has 2 aromatic carbocycles. The normalized spacial score (nSPS) is 12.3. The van der Waals surface area contributed by atoms with Gasteiger partial charge < -0.3 is 0 Å². The zero-order chi connectivity index (χ0) is 14.3. The third-order valence-corrected chi connectivity index (χ3v) is 6.99. The van der Waals surface area contributed by atoms with Crippen LogP contribution in [-0.4, -0.2) is 6.00 Å². The second-order valence-electron chi connectivity index (χ2n) is 4.33. The Bertz CT molecular complexity index is 466. The first-order valence-corrected chi connectivity index (χ1v) is 11.2. The van der Waals surface area contributed by atoms with Gasteiger partial charge in [0.2, 0.25) is 0 Å². The van der Waals surface area contributed by atoms with Crippen LogP contribution in [-0.2, 0) is 0 Å². The molecule has 4 heteroatoms. The third kappa shape index (κ3) is 6.48. The summed E-state index contributed by atoms with van der Waals surface area (Å²) in [6.07, 6.45) is 0. The molecule has 0 spiro atoms. The topological polar surface area (TPSA) is 0 Å². The van der Waals surface area contributed by atoms with Crippen LogP contribution in [0.15, 0.2) is 60.7 Å². The van der Waals surface area contributed by atoms with E-state index in [4.69, 9.17) is 33.2 Å². The Morgan fingerprint density at radius 2 is 1.21 bits per heavy atom. The average molecular weight is 332 g/mol. The molecule has 0 fully saturated rings. The molecule has 19 heavy (non-hydrogen) atoms. The fourth-order valence-electron chi connectivity index (χ4n) is 1.47. The molecule has 0 radical (unpaired) electrons. The van der Waals surface area contributed by atoms with Crippen molar-refractivity contribution in [1.82, 2.24) is 0 Å². The Labute approximate surface area is 130 Å². The third-order valence-electron chi connectivity index (χ3n) is 2.73. The van der Waals surface area contributed by atoms with Crippen molar-refractivity contribution in [1.29, 1.82) is 0 Å². The summed E-state index contributed by atoms with van der Waals surface area (Å²) in [4.78, 5) is 0. The van der Waals surface area contributed by atoms with Crippen molar-refractivity contribution in [2.75, 3.05) is 0 Å². The summed E-state index contributed by atoms with van der Waals surface area (Å²) in [5, 5.41) is 0. The highest BCUT2D eigenvalue weighted by molar-refractivity contribution is 7.65. The van der Waals surface area contributed by atoms with E-state index in [9.17, 15) is 0 Å². The Kier molecular flexibility index (Phi) is 6.94. The van der Waals surface area contributed by atoms with Gasteiger partial charge in [-0.2, -0.15) is 0 Å². The molecule has 0 aromatic heterocycles. The van der Waals surface area contributed by atoms with Gasteiger partial charge in [0.25, 0.3) is 0 Å². The van der Waals surface area contributed by atoms with E-state index in [0.717, 1.165) is 5.56 Å². The van der Waals surface area contributed by atoms with E-state index in [1.54, 1.807) is 0 Å². The van der Waals surface area contributed by atoms with Crippen LogP contribution in [0, 0.1) is 6.92 Å². The minimum Gasteiger partial charge on any atom is -0.125 e. The predicted molar refractivity (Wildman–Crippen MR) is 89.3 cm³/mol. The van der Waals surface area contributed by atoms with Gasteiger partial charge in [-0.25, -0.2) is 0 Å². The lowest BCUT2D eigenvalue weighted by molar-refractivity contribution is 1.07. The number of halogens is 3. The zero-order valence-electron chi connectivity index (χ0n) is 11.0. The highest BCUT2D eigenvalue weighted by Crippen LogP contribution is 2.35. The molecule has 0 aliphatic heterocycles. The molecular weight excluding hydrogens is 315 g/mol. The van der Waals surface area contributed by atoms with Gasteiger partial charge in [0.1, 0.15) is 0 Å². The lowest BCUT2D eigenvalue weighted by atomic mass is 10.2. The highest BCUT2D eigenvalue weighted by atomic mass is 35.8. The molecule has 0 N–H and O–H groups in total. The largest absolute Gasteiger partial charge is 0.348 e. The second kappa shape index (κ2) is 7.96. The van der Waals surface area contributed by atoms with E-state index in [2.05, 4.69) is 19.1 Å². The molecule has 0 amide bonds. The van der Waals surface area contributed by atoms with Gasteiger partial charge in [-0.3, -0.25) is 0 Å². The van der Waals surface area contributed by atoms with Crippen LogP contribution in [0.4, 0.5) is 0 Å². The summed E-state index contributed by atoms with van der Waals surface area (Å²) in [7, 11) is 0. The SMILES string of the molecule is CC(c1ccccc1)[Si](Cl)(Cl)Cl.Cc1ccccc1. The maximum Gasteiger partial charge on any atom is 0.348 e. The molecule has 0 aliphatic carbocycles. The summed E-state index contributed by atoms with van der Waals surface area (Å²) < 4.78 is 0. The summed E-state index contributed by atoms with van der Waals surface area (Å²) in [5.74, 6) is 0. The minimum atomic E-state index is -2.58. The zero-order valence-corrected chi connectivity index (χ0v) is 14.3. The van der Waals surface area contributed by atoms with Crippen molar-refractivity contribution < 1.29 is 0 Å². The molecule has 2 aromatic rings. The first-order valence-electron chi connectivity index (χ1n) is 6.04. The van der Waals surface area contributed by atoms with E-state index in [1.807, 2.05) is 55.5 Å². The van der Waals surface area contributed by atoms with Crippen LogP contribution in [0.2, 0.25) is 0 Å². The summed E-state index contributed by atoms with van der Waals surface area (Å²) >= 11 is 17.7. The van der Waals surface area contributed by atoms with Gasteiger partial charge >= 0.3 is 6.00 Å².